The summed E-state index contributed by atoms with van der Waals surface area (Å²) in [6, 6.07) is 6.26. The third kappa shape index (κ3) is 2.88. The lowest BCUT2D eigenvalue weighted by Crippen LogP contribution is -2.34. The van der Waals surface area contributed by atoms with Crippen LogP contribution in [0.5, 0.6) is 5.75 Å². The van der Waals surface area contributed by atoms with E-state index in [1.54, 1.807) is 6.92 Å². The number of amides is 1. The first-order valence-electron chi connectivity index (χ1n) is 7.18. The number of carbonyl (C=O) groups is 1. The summed E-state index contributed by atoms with van der Waals surface area (Å²) in [6.07, 6.45) is 2.77. The molecule has 0 aliphatic carbocycles. The molecular formula is C15H20N2O3. The van der Waals surface area contributed by atoms with Crippen LogP contribution in [0.1, 0.15) is 26.2 Å². The van der Waals surface area contributed by atoms with Crippen LogP contribution in [-0.4, -0.2) is 31.3 Å². The van der Waals surface area contributed by atoms with Gasteiger partial charge in [-0.15, -0.1) is 0 Å². The first-order valence-corrected chi connectivity index (χ1v) is 7.18. The van der Waals surface area contributed by atoms with E-state index < -0.39 is 6.10 Å². The Morgan fingerprint density at radius 2 is 2.20 bits per heavy atom. The van der Waals surface area contributed by atoms with E-state index in [1.807, 2.05) is 18.2 Å². The molecule has 2 heterocycles. The maximum absolute atomic E-state index is 11.6. The molecule has 1 aromatic carbocycles. The van der Waals surface area contributed by atoms with Gasteiger partial charge in [0.05, 0.1) is 5.69 Å². The molecule has 2 unspecified atom stereocenters. The summed E-state index contributed by atoms with van der Waals surface area (Å²) in [6.45, 7) is 3.40. The van der Waals surface area contributed by atoms with E-state index >= 15 is 0 Å². The Labute approximate surface area is 118 Å². The summed E-state index contributed by atoms with van der Waals surface area (Å²) < 4.78 is 11.0. The molecule has 1 aromatic rings. The van der Waals surface area contributed by atoms with Crippen molar-refractivity contribution >= 4 is 17.3 Å². The van der Waals surface area contributed by atoms with Gasteiger partial charge in [-0.2, -0.15) is 0 Å². The second-order valence-corrected chi connectivity index (χ2v) is 5.34. The number of hydrogen-bond donors (Lipinski definition) is 2. The Morgan fingerprint density at radius 3 is 3.10 bits per heavy atom. The van der Waals surface area contributed by atoms with Crippen LogP contribution in [0.2, 0.25) is 0 Å². The second-order valence-electron chi connectivity index (χ2n) is 5.34. The molecule has 1 saturated heterocycles. The molecule has 0 bridgehead atoms. The summed E-state index contributed by atoms with van der Waals surface area (Å²) in [5.41, 5.74) is 1.75. The Hall–Kier alpha value is -1.75. The van der Waals surface area contributed by atoms with Crippen LogP contribution in [0.4, 0.5) is 11.4 Å². The lowest BCUT2D eigenvalue weighted by Gasteiger charge is -2.25. The van der Waals surface area contributed by atoms with E-state index in [0.29, 0.717) is 6.04 Å². The first-order chi connectivity index (χ1) is 9.72. The van der Waals surface area contributed by atoms with Crippen LogP contribution in [0.3, 0.4) is 0 Å². The van der Waals surface area contributed by atoms with Gasteiger partial charge in [-0.3, -0.25) is 4.79 Å². The SMILES string of the molecule is CC1Oc2ccc(NC3CCCOCC3)cc2NC1=O. The van der Waals surface area contributed by atoms with E-state index in [2.05, 4.69) is 10.6 Å². The summed E-state index contributed by atoms with van der Waals surface area (Å²) in [5.74, 6) is 0.629. The quantitative estimate of drug-likeness (QED) is 0.870. The minimum absolute atomic E-state index is 0.0995. The Kier molecular flexibility index (Phi) is 3.78. The summed E-state index contributed by atoms with van der Waals surface area (Å²) in [5, 5.41) is 6.38. The van der Waals surface area contributed by atoms with Crippen molar-refractivity contribution in [1.82, 2.24) is 0 Å². The number of hydrogen-bond acceptors (Lipinski definition) is 4. The zero-order valence-corrected chi connectivity index (χ0v) is 11.6. The van der Waals surface area contributed by atoms with Crippen LogP contribution in [0.15, 0.2) is 18.2 Å². The zero-order chi connectivity index (χ0) is 13.9. The van der Waals surface area contributed by atoms with E-state index in [-0.39, 0.29) is 5.91 Å². The fourth-order valence-corrected chi connectivity index (χ4v) is 2.58. The van der Waals surface area contributed by atoms with E-state index in [1.165, 1.54) is 0 Å². The molecular weight excluding hydrogens is 256 g/mol. The maximum Gasteiger partial charge on any atom is 0.265 e. The molecule has 0 spiro atoms. The summed E-state index contributed by atoms with van der Waals surface area (Å²) in [4.78, 5) is 11.6. The van der Waals surface area contributed by atoms with E-state index in [4.69, 9.17) is 9.47 Å². The molecule has 1 amide bonds. The van der Waals surface area contributed by atoms with Gasteiger partial charge in [0, 0.05) is 24.9 Å². The van der Waals surface area contributed by atoms with Gasteiger partial charge in [0.2, 0.25) is 0 Å². The molecule has 1 fully saturated rings. The largest absolute Gasteiger partial charge is 0.479 e. The van der Waals surface area contributed by atoms with Crippen molar-refractivity contribution in [2.75, 3.05) is 23.8 Å². The summed E-state index contributed by atoms with van der Waals surface area (Å²) in [7, 11) is 0. The van der Waals surface area contributed by atoms with Crippen molar-refractivity contribution in [3.8, 4) is 5.75 Å². The highest BCUT2D eigenvalue weighted by Crippen LogP contribution is 2.32. The topological polar surface area (TPSA) is 59.6 Å². The third-order valence-corrected chi connectivity index (χ3v) is 3.73. The third-order valence-electron chi connectivity index (χ3n) is 3.73. The number of carbonyl (C=O) groups excluding carboxylic acids is 1. The second kappa shape index (κ2) is 5.71. The van der Waals surface area contributed by atoms with Crippen molar-refractivity contribution in [3.05, 3.63) is 18.2 Å². The Bertz CT molecular complexity index is 496. The molecule has 0 radical (unpaired) electrons. The zero-order valence-electron chi connectivity index (χ0n) is 11.6. The van der Waals surface area contributed by atoms with Crippen molar-refractivity contribution in [2.45, 2.75) is 38.3 Å². The monoisotopic (exact) mass is 276 g/mol. The van der Waals surface area contributed by atoms with Crippen LogP contribution < -0.4 is 15.4 Å². The molecule has 2 atom stereocenters. The van der Waals surface area contributed by atoms with Gasteiger partial charge < -0.3 is 20.1 Å². The number of anilines is 2. The lowest BCUT2D eigenvalue weighted by molar-refractivity contribution is -0.122. The number of fused-ring (bicyclic) bond motifs is 1. The minimum atomic E-state index is -0.430. The maximum atomic E-state index is 11.6. The highest BCUT2D eigenvalue weighted by molar-refractivity contribution is 5.98. The fourth-order valence-electron chi connectivity index (χ4n) is 2.58. The van der Waals surface area contributed by atoms with Crippen LogP contribution in [-0.2, 0) is 9.53 Å². The van der Waals surface area contributed by atoms with Gasteiger partial charge in [-0.05, 0) is 44.4 Å². The Balaban J connectivity index is 1.72. The lowest BCUT2D eigenvalue weighted by atomic mass is 10.1. The van der Waals surface area contributed by atoms with Crippen molar-refractivity contribution < 1.29 is 14.3 Å². The molecule has 2 aliphatic rings. The van der Waals surface area contributed by atoms with Crippen molar-refractivity contribution in [3.63, 3.8) is 0 Å². The van der Waals surface area contributed by atoms with Crippen LogP contribution in [0, 0.1) is 0 Å². The Morgan fingerprint density at radius 1 is 1.30 bits per heavy atom. The molecule has 2 N–H and O–H groups in total. The molecule has 3 rings (SSSR count). The standard InChI is InChI=1S/C15H20N2O3/c1-10-15(18)17-13-9-12(4-5-14(13)20-10)16-11-3-2-7-19-8-6-11/h4-5,9-11,16H,2-3,6-8H2,1H3,(H,17,18). The minimum Gasteiger partial charge on any atom is -0.479 e. The van der Waals surface area contributed by atoms with Gasteiger partial charge in [0.15, 0.2) is 6.10 Å². The van der Waals surface area contributed by atoms with Crippen molar-refractivity contribution in [1.29, 1.82) is 0 Å². The number of benzene rings is 1. The van der Waals surface area contributed by atoms with Crippen LogP contribution >= 0.6 is 0 Å². The molecule has 5 heteroatoms. The molecule has 0 aromatic heterocycles. The van der Waals surface area contributed by atoms with Gasteiger partial charge in [-0.25, -0.2) is 0 Å². The van der Waals surface area contributed by atoms with Gasteiger partial charge in [-0.1, -0.05) is 0 Å². The van der Waals surface area contributed by atoms with Gasteiger partial charge >= 0.3 is 0 Å². The normalized spacial score (nSPS) is 25.9. The molecule has 0 saturated carbocycles. The van der Waals surface area contributed by atoms with Gasteiger partial charge in [0.25, 0.3) is 5.91 Å². The average molecular weight is 276 g/mol. The average Bonchev–Trinajstić information content (AvgIpc) is 2.69. The number of ether oxygens (including phenoxy) is 2. The molecule has 2 aliphatic heterocycles. The van der Waals surface area contributed by atoms with E-state index in [9.17, 15) is 4.79 Å². The first kappa shape index (κ1) is 13.2. The number of nitrogens with one attached hydrogen (secondary N) is 2. The highest BCUT2D eigenvalue weighted by Gasteiger charge is 2.23. The molecule has 5 nitrogen and oxygen atoms in total. The summed E-state index contributed by atoms with van der Waals surface area (Å²) >= 11 is 0. The van der Waals surface area contributed by atoms with E-state index in [0.717, 1.165) is 49.6 Å². The smallest absolute Gasteiger partial charge is 0.265 e. The van der Waals surface area contributed by atoms with Gasteiger partial charge in [0.1, 0.15) is 5.75 Å². The predicted molar refractivity (Wildman–Crippen MR) is 77.2 cm³/mol. The fraction of sp³-hybridized carbons (Fsp3) is 0.533. The van der Waals surface area contributed by atoms with Crippen LogP contribution in [0.25, 0.3) is 0 Å². The number of rotatable bonds is 2. The van der Waals surface area contributed by atoms with Crippen molar-refractivity contribution in [2.24, 2.45) is 0 Å². The highest BCUT2D eigenvalue weighted by atomic mass is 16.5. The molecule has 20 heavy (non-hydrogen) atoms. The molecule has 108 valence electrons. The predicted octanol–water partition coefficient (Wildman–Crippen LogP) is 2.39.